The van der Waals surface area contributed by atoms with Crippen LogP contribution in [-0.2, 0) is 6.54 Å². The molecule has 3 aromatic heterocycles. The van der Waals surface area contributed by atoms with Gasteiger partial charge in [-0.25, -0.2) is 9.97 Å². The van der Waals surface area contributed by atoms with E-state index in [0.29, 0.717) is 11.7 Å². The molecule has 0 fully saturated rings. The summed E-state index contributed by atoms with van der Waals surface area (Å²) in [7, 11) is 1.64. The van der Waals surface area contributed by atoms with Crippen LogP contribution in [0.3, 0.4) is 0 Å². The molecule has 3 heterocycles. The maximum absolute atomic E-state index is 13.1. The molecule has 1 aromatic carbocycles. The predicted molar refractivity (Wildman–Crippen MR) is 109 cm³/mol. The molecule has 0 saturated heterocycles. The van der Waals surface area contributed by atoms with Gasteiger partial charge in [0.05, 0.1) is 28.5 Å². The Morgan fingerprint density at radius 1 is 1.33 bits per heavy atom. The number of aryl methyl sites for hydroxylation is 1. The van der Waals surface area contributed by atoms with Crippen molar-refractivity contribution in [2.24, 2.45) is 0 Å². The fourth-order valence-corrected chi connectivity index (χ4v) is 4.47. The molecule has 0 aliphatic heterocycles. The van der Waals surface area contributed by atoms with E-state index in [1.807, 2.05) is 46.5 Å². The highest BCUT2D eigenvalue weighted by Gasteiger charge is 2.22. The molecule has 4 aromatic rings. The van der Waals surface area contributed by atoms with Crippen LogP contribution in [0.5, 0.6) is 5.75 Å². The van der Waals surface area contributed by atoms with Crippen LogP contribution in [0, 0.1) is 0 Å². The number of anilines is 1. The van der Waals surface area contributed by atoms with Crippen molar-refractivity contribution in [2.75, 3.05) is 18.6 Å². The largest absolute Gasteiger partial charge is 0.497 e. The maximum Gasteiger partial charge on any atom is 0.270 e. The zero-order chi connectivity index (χ0) is 18.6. The van der Waals surface area contributed by atoms with Gasteiger partial charge in [-0.05, 0) is 36.1 Å². The van der Waals surface area contributed by atoms with Crippen molar-refractivity contribution in [1.29, 1.82) is 0 Å². The van der Waals surface area contributed by atoms with E-state index in [1.54, 1.807) is 24.5 Å². The number of amides is 1. The van der Waals surface area contributed by atoms with Crippen LogP contribution in [0.4, 0.5) is 5.13 Å². The van der Waals surface area contributed by atoms with Gasteiger partial charge in [-0.2, -0.15) is 0 Å². The highest BCUT2D eigenvalue weighted by atomic mass is 32.1. The van der Waals surface area contributed by atoms with Crippen molar-refractivity contribution in [3.05, 3.63) is 59.3 Å². The molecule has 6 nitrogen and oxygen atoms in total. The lowest BCUT2D eigenvalue weighted by molar-refractivity contribution is 0.0990. The minimum absolute atomic E-state index is 0.0124. The summed E-state index contributed by atoms with van der Waals surface area (Å²) in [4.78, 5) is 24.3. The van der Waals surface area contributed by atoms with Gasteiger partial charge >= 0.3 is 0 Å². The molecular formula is C19H18N4O2S2. The molecule has 0 spiro atoms. The van der Waals surface area contributed by atoms with Crippen molar-refractivity contribution in [1.82, 2.24) is 14.5 Å². The minimum atomic E-state index is -0.0124. The minimum Gasteiger partial charge on any atom is -0.497 e. The number of fused-ring (bicyclic) bond motifs is 1. The summed E-state index contributed by atoms with van der Waals surface area (Å²) in [6.45, 7) is 1.39. The van der Waals surface area contributed by atoms with E-state index in [9.17, 15) is 4.79 Å². The Balaban J connectivity index is 1.61. The summed E-state index contributed by atoms with van der Waals surface area (Å²) in [5.41, 5.74) is 0.870. The van der Waals surface area contributed by atoms with Crippen LogP contribution >= 0.6 is 22.7 Å². The Bertz CT molecular complexity index is 1030. The molecule has 0 saturated carbocycles. The lowest BCUT2D eigenvalue weighted by Crippen LogP contribution is -2.31. The van der Waals surface area contributed by atoms with Gasteiger partial charge in [0.15, 0.2) is 5.13 Å². The molecule has 4 rings (SSSR count). The number of rotatable bonds is 7. The van der Waals surface area contributed by atoms with Gasteiger partial charge in [0, 0.05) is 25.5 Å². The molecule has 0 radical (unpaired) electrons. The van der Waals surface area contributed by atoms with E-state index in [1.165, 1.54) is 22.7 Å². The zero-order valence-electron chi connectivity index (χ0n) is 14.7. The molecule has 0 aliphatic carbocycles. The van der Waals surface area contributed by atoms with Crippen molar-refractivity contribution >= 4 is 43.9 Å². The fourth-order valence-electron chi connectivity index (χ4n) is 2.78. The Labute approximate surface area is 164 Å². The Morgan fingerprint density at radius 3 is 3.00 bits per heavy atom. The summed E-state index contributed by atoms with van der Waals surface area (Å²) in [5.74, 6) is 0.774. The van der Waals surface area contributed by atoms with Crippen LogP contribution < -0.4 is 9.64 Å². The third-order valence-electron chi connectivity index (χ3n) is 4.15. The summed E-state index contributed by atoms with van der Waals surface area (Å²) < 4.78 is 8.31. The second kappa shape index (κ2) is 7.89. The normalized spacial score (nSPS) is 11.0. The Hall–Kier alpha value is -2.71. The molecule has 0 unspecified atom stereocenters. The second-order valence-corrected chi connectivity index (χ2v) is 7.88. The third kappa shape index (κ3) is 3.86. The topological polar surface area (TPSA) is 60.2 Å². The van der Waals surface area contributed by atoms with E-state index >= 15 is 0 Å². The molecular weight excluding hydrogens is 380 g/mol. The van der Waals surface area contributed by atoms with Gasteiger partial charge in [-0.15, -0.1) is 11.3 Å². The van der Waals surface area contributed by atoms with E-state index in [4.69, 9.17) is 4.74 Å². The van der Waals surface area contributed by atoms with Gasteiger partial charge in [-0.1, -0.05) is 17.4 Å². The lowest BCUT2D eigenvalue weighted by atomic mass is 10.3. The molecule has 0 atom stereocenters. The molecule has 0 bridgehead atoms. The second-order valence-electron chi connectivity index (χ2n) is 5.92. The summed E-state index contributed by atoms with van der Waals surface area (Å²) in [5, 5.41) is 2.63. The van der Waals surface area contributed by atoms with Crippen molar-refractivity contribution in [2.45, 2.75) is 13.0 Å². The monoisotopic (exact) mass is 398 g/mol. The number of hydrogen-bond donors (Lipinski definition) is 0. The molecule has 27 heavy (non-hydrogen) atoms. The highest BCUT2D eigenvalue weighted by molar-refractivity contribution is 7.22. The van der Waals surface area contributed by atoms with Crippen molar-refractivity contribution < 1.29 is 9.53 Å². The highest BCUT2D eigenvalue weighted by Crippen LogP contribution is 2.32. The van der Waals surface area contributed by atoms with Gasteiger partial charge < -0.3 is 9.30 Å². The van der Waals surface area contributed by atoms with Gasteiger partial charge in [-0.3, -0.25) is 9.69 Å². The number of carbonyl (C=O) groups is 1. The van der Waals surface area contributed by atoms with E-state index in [2.05, 4.69) is 9.97 Å². The summed E-state index contributed by atoms with van der Waals surface area (Å²) in [6, 6.07) is 9.51. The lowest BCUT2D eigenvalue weighted by Gasteiger charge is -2.19. The first-order valence-electron chi connectivity index (χ1n) is 8.50. The number of aromatic nitrogens is 3. The molecule has 8 heteroatoms. The molecule has 1 amide bonds. The van der Waals surface area contributed by atoms with Crippen LogP contribution in [0.1, 0.15) is 16.1 Å². The van der Waals surface area contributed by atoms with Crippen LogP contribution in [0.25, 0.3) is 10.2 Å². The van der Waals surface area contributed by atoms with Gasteiger partial charge in [0.1, 0.15) is 5.75 Å². The number of carbonyl (C=O) groups excluding carboxylic acids is 1. The van der Waals surface area contributed by atoms with Crippen LogP contribution in [-0.4, -0.2) is 34.1 Å². The Kier molecular flexibility index (Phi) is 5.17. The number of methoxy groups -OCH3 is 1. The standard InChI is InChI=1S/C19H18N4O2S2/c1-25-14-5-6-15-17(12-14)27-19(21-15)23(18(24)16-4-2-11-26-16)9-3-8-22-10-7-20-13-22/h2,4-7,10-13H,3,8-9H2,1H3. The first-order valence-corrected chi connectivity index (χ1v) is 10.2. The number of hydrogen-bond acceptors (Lipinski definition) is 6. The smallest absolute Gasteiger partial charge is 0.270 e. The number of ether oxygens (including phenoxy) is 1. The fraction of sp³-hybridized carbons (Fsp3) is 0.211. The van der Waals surface area contributed by atoms with Gasteiger partial charge in [0.2, 0.25) is 0 Å². The van der Waals surface area contributed by atoms with Crippen molar-refractivity contribution in [3.8, 4) is 5.75 Å². The zero-order valence-corrected chi connectivity index (χ0v) is 16.4. The summed E-state index contributed by atoms with van der Waals surface area (Å²) in [6.07, 6.45) is 6.28. The third-order valence-corrected chi connectivity index (χ3v) is 6.05. The first-order chi connectivity index (χ1) is 13.2. The first kappa shape index (κ1) is 17.7. The van der Waals surface area contributed by atoms with Crippen LogP contribution in [0.2, 0.25) is 0 Å². The number of benzene rings is 1. The number of nitrogens with zero attached hydrogens (tertiary/aromatic N) is 4. The van der Waals surface area contributed by atoms with Gasteiger partial charge in [0.25, 0.3) is 5.91 Å². The maximum atomic E-state index is 13.1. The van der Waals surface area contributed by atoms with Crippen molar-refractivity contribution in [3.63, 3.8) is 0 Å². The SMILES string of the molecule is COc1ccc2nc(N(CCCn3ccnc3)C(=O)c3cccs3)sc2c1. The Morgan fingerprint density at radius 2 is 2.26 bits per heavy atom. The molecule has 138 valence electrons. The number of thiophene rings is 1. The molecule has 0 aliphatic rings. The average Bonchev–Trinajstić information content (AvgIpc) is 3.45. The van der Waals surface area contributed by atoms with Crippen LogP contribution in [0.15, 0.2) is 54.4 Å². The van der Waals surface area contributed by atoms with E-state index in [-0.39, 0.29) is 5.91 Å². The number of thiazole rings is 1. The average molecular weight is 399 g/mol. The molecule has 0 N–H and O–H groups in total. The van der Waals surface area contributed by atoms with E-state index in [0.717, 1.165) is 33.8 Å². The summed E-state index contributed by atoms with van der Waals surface area (Å²) >= 11 is 2.96. The van der Waals surface area contributed by atoms with E-state index < -0.39 is 0 Å². The predicted octanol–water partition coefficient (Wildman–Crippen LogP) is 4.30. The number of imidazole rings is 1. The quantitative estimate of drug-likeness (QED) is 0.466.